The summed E-state index contributed by atoms with van der Waals surface area (Å²) in [6.45, 7) is 5.67. The molecule has 1 fully saturated rings. The first-order valence-corrected chi connectivity index (χ1v) is 12.4. The van der Waals surface area contributed by atoms with E-state index in [1.54, 1.807) is 24.3 Å². The summed E-state index contributed by atoms with van der Waals surface area (Å²) in [5.74, 6) is -4.38. The van der Waals surface area contributed by atoms with Crippen molar-refractivity contribution in [2.24, 2.45) is 0 Å². The van der Waals surface area contributed by atoms with Gasteiger partial charge in [0, 0.05) is 36.1 Å². The SMILES string of the molecule is CCN(CC)c1ccc(C2/C(=C(/O)c3cccc4ccccc34)C(=O)C(=O)N2c2ccc(F)c(F)c2)cc1. The van der Waals surface area contributed by atoms with Gasteiger partial charge in [0.05, 0.1) is 11.6 Å². The van der Waals surface area contributed by atoms with Gasteiger partial charge in [0.1, 0.15) is 5.76 Å². The molecular weight excluding hydrogens is 486 g/mol. The van der Waals surface area contributed by atoms with Crippen molar-refractivity contribution in [3.05, 3.63) is 113 Å². The van der Waals surface area contributed by atoms with E-state index in [0.29, 0.717) is 16.5 Å². The van der Waals surface area contributed by atoms with E-state index in [2.05, 4.69) is 4.90 Å². The van der Waals surface area contributed by atoms with Gasteiger partial charge in [-0.15, -0.1) is 0 Å². The maximum atomic E-state index is 14.2. The van der Waals surface area contributed by atoms with Crippen LogP contribution < -0.4 is 9.80 Å². The van der Waals surface area contributed by atoms with Crippen LogP contribution in [0.3, 0.4) is 0 Å². The van der Waals surface area contributed by atoms with Crippen molar-refractivity contribution < 1.29 is 23.5 Å². The highest BCUT2D eigenvalue weighted by molar-refractivity contribution is 6.51. The molecule has 7 heteroatoms. The molecule has 5 rings (SSSR count). The summed E-state index contributed by atoms with van der Waals surface area (Å²) in [5.41, 5.74) is 1.80. The first kappa shape index (κ1) is 25.1. The van der Waals surface area contributed by atoms with Gasteiger partial charge in [-0.1, -0.05) is 54.6 Å². The molecule has 5 nitrogen and oxygen atoms in total. The molecule has 1 aliphatic rings. The molecule has 1 atom stereocenters. The molecule has 0 radical (unpaired) electrons. The molecule has 1 heterocycles. The van der Waals surface area contributed by atoms with Crippen LogP contribution in [0.25, 0.3) is 16.5 Å². The van der Waals surface area contributed by atoms with Crippen LogP contribution in [0.1, 0.15) is 31.0 Å². The van der Waals surface area contributed by atoms with Crippen LogP contribution in [0.4, 0.5) is 20.2 Å². The zero-order valence-corrected chi connectivity index (χ0v) is 21.0. The van der Waals surface area contributed by atoms with Crippen LogP contribution in [-0.2, 0) is 9.59 Å². The van der Waals surface area contributed by atoms with Crippen LogP contribution >= 0.6 is 0 Å². The highest BCUT2D eigenvalue weighted by Crippen LogP contribution is 2.43. The Morgan fingerprint density at radius 1 is 0.868 bits per heavy atom. The quantitative estimate of drug-likeness (QED) is 0.180. The zero-order chi connectivity index (χ0) is 27.0. The lowest BCUT2D eigenvalue weighted by molar-refractivity contribution is -0.132. The molecule has 1 saturated heterocycles. The number of aliphatic hydroxyl groups is 1. The fourth-order valence-electron chi connectivity index (χ4n) is 5.08. The van der Waals surface area contributed by atoms with Gasteiger partial charge >= 0.3 is 0 Å². The predicted octanol–water partition coefficient (Wildman–Crippen LogP) is 6.59. The number of hydrogen-bond donors (Lipinski definition) is 1. The summed E-state index contributed by atoms with van der Waals surface area (Å²) in [6, 6.07) is 22.1. The molecule has 0 bridgehead atoms. The number of fused-ring (bicyclic) bond motifs is 1. The maximum Gasteiger partial charge on any atom is 0.300 e. The van der Waals surface area contributed by atoms with Gasteiger partial charge in [0.15, 0.2) is 11.6 Å². The fourth-order valence-corrected chi connectivity index (χ4v) is 5.08. The number of rotatable bonds is 6. The van der Waals surface area contributed by atoms with Gasteiger partial charge in [-0.3, -0.25) is 14.5 Å². The fraction of sp³-hybridized carbons (Fsp3) is 0.161. The number of amides is 1. The molecule has 0 saturated carbocycles. The van der Waals surface area contributed by atoms with E-state index in [0.717, 1.165) is 41.2 Å². The van der Waals surface area contributed by atoms with Gasteiger partial charge < -0.3 is 10.0 Å². The minimum absolute atomic E-state index is 0.0146. The molecule has 0 aliphatic carbocycles. The zero-order valence-electron chi connectivity index (χ0n) is 21.0. The van der Waals surface area contributed by atoms with Crippen molar-refractivity contribution in [2.75, 3.05) is 22.9 Å². The van der Waals surface area contributed by atoms with E-state index < -0.39 is 29.4 Å². The lowest BCUT2D eigenvalue weighted by atomic mass is 9.93. The van der Waals surface area contributed by atoms with Crippen LogP contribution in [0, 0.1) is 11.6 Å². The molecule has 1 amide bonds. The summed E-state index contributed by atoms with van der Waals surface area (Å²) >= 11 is 0. The first-order valence-electron chi connectivity index (χ1n) is 12.4. The van der Waals surface area contributed by atoms with E-state index in [1.165, 1.54) is 6.07 Å². The summed E-state index contributed by atoms with van der Waals surface area (Å²) in [7, 11) is 0. The highest BCUT2D eigenvalue weighted by atomic mass is 19.2. The molecule has 1 aliphatic heterocycles. The molecule has 1 unspecified atom stereocenters. The van der Waals surface area contributed by atoms with Crippen LogP contribution in [0.2, 0.25) is 0 Å². The van der Waals surface area contributed by atoms with Crippen molar-refractivity contribution in [3.8, 4) is 0 Å². The lowest BCUT2D eigenvalue weighted by Gasteiger charge is -2.27. The predicted molar refractivity (Wildman–Crippen MR) is 145 cm³/mol. The Morgan fingerprint density at radius 3 is 2.24 bits per heavy atom. The van der Waals surface area contributed by atoms with Gasteiger partial charge in [-0.2, -0.15) is 0 Å². The topological polar surface area (TPSA) is 60.9 Å². The molecule has 1 N–H and O–H groups in total. The number of ketones is 1. The van der Waals surface area contributed by atoms with E-state index in [-0.39, 0.29) is 17.0 Å². The normalized spacial score (nSPS) is 16.8. The summed E-state index contributed by atoms with van der Waals surface area (Å²) in [4.78, 5) is 30.1. The van der Waals surface area contributed by atoms with Crippen LogP contribution in [-0.4, -0.2) is 29.9 Å². The van der Waals surface area contributed by atoms with E-state index in [4.69, 9.17) is 0 Å². The maximum absolute atomic E-state index is 14.2. The lowest BCUT2D eigenvalue weighted by Crippen LogP contribution is -2.29. The number of nitrogens with zero attached hydrogens (tertiary/aromatic N) is 2. The Balaban J connectivity index is 1.73. The average Bonchev–Trinajstić information content (AvgIpc) is 3.20. The number of carbonyl (C=O) groups is 2. The minimum atomic E-state index is -1.14. The smallest absolute Gasteiger partial charge is 0.300 e. The second kappa shape index (κ2) is 10.1. The van der Waals surface area contributed by atoms with Gasteiger partial charge in [0.25, 0.3) is 11.7 Å². The average molecular weight is 513 g/mol. The summed E-state index contributed by atoms with van der Waals surface area (Å²) in [6.07, 6.45) is 0. The Bertz CT molecular complexity index is 1570. The van der Waals surface area contributed by atoms with Crippen molar-refractivity contribution in [1.82, 2.24) is 0 Å². The summed E-state index contributed by atoms with van der Waals surface area (Å²) in [5, 5.41) is 13.1. The molecule has 38 heavy (non-hydrogen) atoms. The number of halogens is 2. The van der Waals surface area contributed by atoms with Gasteiger partial charge in [-0.25, -0.2) is 8.78 Å². The molecule has 192 valence electrons. The molecule has 0 aromatic heterocycles. The highest BCUT2D eigenvalue weighted by Gasteiger charge is 2.47. The van der Waals surface area contributed by atoms with Crippen molar-refractivity contribution in [3.63, 3.8) is 0 Å². The second-order valence-electron chi connectivity index (χ2n) is 9.06. The van der Waals surface area contributed by atoms with E-state index in [1.807, 2.05) is 56.3 Å². The van der Waals surface area contributed by atoms with Crippen molar-refractivity contribution in [1.29, 1.82) is 0 Å². The van der Waals surface area contributed by atoms with Gasteiger partial charge in [0.2, 0.25) is 0 Å². The molecule has 4 aromatic rings. The largest absolute Gasteiger partial charge is 0.507 e. The number of aliphatic hydroxyl groups excluding tert-OH is 1. The monoisotopic (exact) mass is 512 g/mol. The van der Waals surface area contributed by atoms with E-state index in [9.17, 15) is 23.5 Å². The van der Waals surface area contributed by atoms with Crippen LogP contribution in [0.15, 0.2) is 90.5 Å². The summed E-state index contributed by atoms with van der Waals surface area (Å²) < 4.78 is 28.0. The number of anilines is 2. The Morgan fingerprint density at radius 2 is 1.55 bits per heavy atom. The Hall–Kier alpha value is -4.52. The second-order valence-corrected chi connectivity index (χ2v) is 9.06. The van der Waals surface area contributed by atoms with Crippen molar-refractivity contribution in [2.45, 2.75) is 19.9 Å². The first-order chi connectivity index (χ1) is 18.3. The van der Waals surface area contributed by atoms with Gasteiger partial charge in [-0.05, 0) is 54.4 Å². The number of carbonyl (C=O) groups excluding carboxylic acids is 2. The number of benzene rings is 4. The third-order valence-electron chi connectivity index (χ3n) is 7.01. The Labute approximate surface area is 219 Å². The number of hydrogen-bond acceptors (Lipinski definition) is 4. The molecule has 4 aromatic carbocycles. The minimum Gasteiger partial charge on any atom is -0.507 e. The standard InChI is InChI=1S/C31H26F2N2O3/c1-3-34(4-2)21-14-12-20(13-15-21)28-27(29(36)24-11-7-9-19-8-5-6-10-23(19)24)30(37)31(38)35(28)22-16-17-25(32)26(33)18-22/h5-18,28,36H,3-4H2,1-2H3/b29-27-. The molecule has 0 spiro atoms. The van der Waals surface area contributed by atoms with E-state index >= 15 is 0 Å². The van der Waals surface area contributed by atoms with Crippen LogP contribution in [0.5, 0.6) is 0 Å². The third kappa shape index (κ3) is 4.20. The number of Topliss-reactive ketones (excluding diaryl/α,β-unsaturated/α-hetero) is 1. The Kier molecular flexibility index (Phi) is 6.68. The van der Waals surface area contributed by atoms with Crippen molar-refractivity contribution >= 4 is 39.6 Å². The third-order valence-corrected chi connectivity index (χ3v) is 7.01. The molecular formula is C31H26F2N2O3.